The molecule has 1 aliphatic heterocycles. The zero-order valence-electron chi connectivity index (χ0n) is 14.4. The van der Waals surface area contributed by atoms with E-state index in [1.165, 1.54) is 18.9 Å². The maximum atomic E-state index is 14.6. The summed E-state index contributed by atoms with van der Waals surface area (Å²) >= 11 is 0. The van der Waals surface area contributed by atoms with Crippen LogP contribution in [0.4, 0.5) is 4.39 Å². The van der Waals surface area contributed by atoms with E-state index in [1.54, 1.807) is 25.1 Å². The Balaban J connectivity index is 1.90. The van der Waals surface area contributed by atoms with Crippen LogP contribution in [0.1, 0.15) is 42.5 Å². The summed E-state index contributed by atoms with van der Waals surface area (Å²) in [6.45, 7) is 4.36. The normalized spacial score (nSPS) is 15.6. The molecule has 25 heavy (non-hydrogen) atoms. The van der Waals surface area contributed by atoms with Crippen molar-refractivity contribution in [1.29, 1.82) is 5.26 Å². The molecule has 2 aromatic rings. The van der Waals surface area contributed by atoms with Crippen molar-refractivity contribution in [3.63, 3.8) is 0 Å². The molecule has 1 aromatic carbocycles. The maximum absolute atomic E-state index is 14.6. The highest BCUT2D eigenvalue weighted by Gasteiger charge is 2.15. The average molecular weight is 339 g/mol. The van der Waals surface area contributed by atoms with Gasteiger partial charge in [-0.15, -0.1) is 0 Å². The van der Waals surface area contributed by atoms with Crippen molar-refractivity contribution in [3.8, 4) is 17.2 Å². The second-order valence-corrected chi connectivity index (χ2v) is 6.68. The molecule has 1 aromatic heterocycles. The topological polar surface area (TPSA) is 59.9 Å². The van der Waals surface area contributed by atoms with Gasteiger partial charge >= 0.3 is 0 Å². The lowest BCUT2D eigenvalue weighted by atomic mass is 9.99. The third-order valence-corrected chi connectivity index (χ3v) is 4.74. The van der Waals surface area contributed by atoms with Crippen molar-refractivity contribution >= 4 is 0 Å². The number of hydrogen-bond donors (Lipinski definition) is 1. The number of rotatable bonds is 3. The van der Waals surface area contributed by atoms with Gasteiger partial charge in [0, 0.05) is 23.4 Å². The molecule has 2 heterocycles. The zero-order chi connectivity index (χ0) is 17.8. The average Bonchev–Trinajstić information content (AvgIpc) is 2.85. The number of H-pyrrole nitrogens is 1. The molecule has 0 saturated carbocycles. The van der Waals surface area contributed by atoms with Crippen LogP contribution >= 0.6 is 0 Å². The summed E-state index contributed by atoms with van der Waals surface area (Å²) in [7, 11) is 0. The quantitative estimate of drug-likeness (QED) is 0.927. The summed E-state index contributed by atoms with van der Waals surface area (Å²) in [6.07, 6.45) is 4.82. The first-order valence-electron chi connectivity index (χ1n) is 8.73. The predicted octanol–water partition coefficient (Wildman–Crippen LogP) is 3.74. The van der Waals surface area contributed by atoms with Gasteiger partial charge in [-0.25, -0.2) is 4.39 Å². The van der Waals surface area contributed by atoms with Crippen molar-refractivity contribution in [2.75, 3.05) is 13.1 Å². The van der Waals surface area contributed by atoms with Crippen LogP contribution in [-0.2, 0) is 6.54 Å². The number of aromatic nitrogens is 1. The number of nitriles is 1. The number of hydrogen-bond acceptors (Lipinski definition) is 3. The molecule has 0 atom stereocenters. The largest absolute Gasteiger partial charge is 0.325 e. The minimum absolute atomic E-state index is 0.0188. The molecule has 0 bridgehead atoms. The van der Waals surface area contributed by atoms with Gasteiger partial charge in [-0.1, -0.05) is 25.0 Å². The van der Waals surface area contributed by atoms with E-state index in [1.807, 2.05) is 6.07 Å². The van der Waals surface area contributed by atoms with Crippen molar-refractivity contribution in [2.45, 2.75) is 39.2 Å². The second-order valence-electron chi connectivity index (χ2n) is 6.68. The Morgan fingerprint density at radius 1 is 1.20 bits per heavy atom. The second kappa shape index (κ2) is 7.62. The van der Waals surface area contributed by atoms with Crippen LogP contribution in [0.3, 0.4) is 0 Å². The van der Waals surface area contributed by atoms with E-state index in [2.05, 4.69) is 9.88 Å². The molecule has 1 fully saturated rings. The van der Waals surface area contributed by atoms with E-state index in [4.69, 9.17) is 0 Å². The van der Waals surface area contributed by atoms with Crippen LogP contribution in [0.2, 0.25) is 0 Å². The fraction of sp³-hybridized carbons (Fsp3) is 0.400. The fourth-order valence-electron chi connectivity index (χ4n) is 3.41. The number of pyridine rings is 1. The van der Waals surface area contributed by atoms with Gasteiger partial charge in [0.2, 0.25) is 0 Å². The molecule has 0 unspecified atom stereocenters. The highest BCUT2D eigenvalue weighted by atomic mass is 19.1. The summed E-state index contributed by atoms with van der Waals surface area (Å²) in [5.74, 6) is -0.288. The van der Waals surface area contributed by atoms with Gasteiger partial charge in [0.1, 0.15) is 17.4 Å². The maximum Gasteiger partial charge on any atom is 0.266 e. The molecule has 0 spiro atoms. The molecule has 1 saturated heterocycles. The lowest BCUT2D eigenvalue weighted by Crippen LogP contribution is -2.24. The van der Waals surface area contributed by atoms with Crippen LogP contribution in [0, 0.1) is 24.1 Å². The zero-order valence-corrected chi connectivity index (χ0v) is 14.4. The smallest absolute Gasteiger partial charge is 0.266 e. The van der Waals surface area contributed by atoms with Crippen LogP contribution < -0.4 is 5.56 Å². The Morgan fingerprint density at radius 3 is 2.56 bits per heavy atom. The van der Waals surface area contributed by atoms with E-state index in [9.17, 15) is 14.4 Å². The third kappa shape index (κ3) is 3.97. The first-order chi connectivity index (χ1) is 12.1. The van der Waals surface area contributed by atoms with Crippen LogP contribution in [0.25, 0.3) is 11.1 Å². The van der Waals surface area contributed by atoms with Crippen LogP contribution in [0.15, 0.2) is 29.1 Å². The number of nitrogens with zero attached hydrogens (tertiary/aromatic N) is 2. The molecule has 0 amide bonds. The lowest BCUT2D eigenvalue weighted by Gasteiger charge is -2.20. The van der Waals surface area contributed by atoms with E-state index < -0.39 is 5.56 Å². The standard InChI is InChI=1S/C20H22FN3O/c1-14-10-17(18(12-22)20(25)23-14)15-6-7-16(19(21)11-15)13-24-8-4-2-3-5-9-24/h6-7,10-11H,2-5,8-9,13H2,1H3,(H,23,25). The van der Waals surface area contributed by atoms with E-state index in [0.717, 1.165) is 25.9 Å². The van der Waals surface area contributed by atoms with Crippen molar-refractivity contribution in [1.82, 2.24) is 9.88 Å². The molecular formula is C20H22FN3O. The van der Waals surface area contributed by atoms with E-state index in [0.29, 0.717) is 28.9 Å². The van der Waals surface area contributed by atoms with Crippen molar-refractivity contribution < 1.29 is 4.39 Å². The number of benzene rings is 1. The number of aryl methyl sites for hydroxylation is 1. The van der Waals surface area contributed by atoms with Gasteiger partial charge < -0.3 is 4.98 Å². The first kappa shape index (κ1) is 17.4. The third-order valence-electron chi connectivity index (χ3n) is 4.74. The van der Waals surface area contributed by atoms with Crippen LogP contribution in [-0.4, -0.2) is 23.0 Å². The van der Waals surface area contributed by atoms with Gasteiger partial charge in [0.25, 0.3) is 5.56 Å². The van der Waals surface area contributed by atoms with Gasteiger partial charge in [0.05, 0.1) is 0 Å². The van der Waals surface area contributed by atoms with Gasteiger partial charge in [-0.05, 0) is 50.6 Å². The number of likely N-dealkylation sites (tertiary alicyclic amines) is 1. The molecule has 0 aliphatic carbocycles. The number of nitrogens with one attached hydrogen (secondary N) is 1. The molecule has 4 nitrogen and oxygen atoms in total. The minimum atomic E-state index is -0.438. The fourth-order valence-corrected chi connectivity index (χ4v) is 3.41. The summed E-state index contributed by atoms with van der Waals surface area (Å²) in [4.78, 5) is 16.8. The summed E-state index contributed by atoms with van der Waals surface area (Å²) in [6, 6.07) is 8.63. The molecule has 5 heteroatoms. The number of halogens is 1. The number of aromatic amines is 1. The summed E-state index contributed by atoms with van der Waals surface area (Å²) in [5.41, 5.74) is 1.92. The summed E-state index contributed by atoms with van der Waals surface area (Å²) in [5, 5.41) is 9.25. The van der Waals surface area contributed by atoms with Crippen LogP contribution in [0.5, 0.6) is 0 Å². The molecule has 0 radical (unpaired) electrons. The molecule has 1 N–H and O–H groups in total. The Morgan fingerprint density at radius 2 is 1.92 bits per heavy atom. The van der Waals surface area contributed by atoms with Gasteiger partial charge in [0.15, 0.2) is 0 Å². The van der Waals surface area contributed by atoms with Gasteiger partial charge in [-0.2, -0.15) is 5.26 Å². The first-order valence-corrected chi connectivity index (χ1v) is 8.73. The van der Waals surface area contributed by atoms with Gasteiger partial charge in [-0.3, -0.25) is 9.69 Å². The van der Waals surface area contributed by atoms with E-state index in [-0.39, 0.29) is 11.4 Å². The van der Waals surface area contributed by atoms with Crippen molar-refractivity contribution in [2.24, 2.45) is 0 Å². The summed E-state index contributed by atoms with van der Waals surface area (Å²) < 4.78 is 14.6. The van der Waals surface area contributed by atoms with E-state index >= 15 is 0 Å². The molecular weight excluding hydrogens is 317 g/mol. The Kier molecular flexibility index (Phi) is 5.30. The highest BCUT2D eigenvalue weighted by molar-refractivity contribution is 5.70. The molecule has 130 valence electrons. The van der Waals surface area contributed by atoms with Crippen molar-refractivity contribution in [3.05, 3.63) is 57.3 Å². The molecule has 3 rings (SSSR count). The highest BCUT2D eigenvalue weighted by Crippen LogP contribution is 2.25. The Hall–Kier alpha value is -2.45. The minimum Gasteiger partial charge on any atom is -0.325 e. The SMILES string of the molecule is Cc1cc(-c2ccc(CN3CCCCCC3)c(F)c2)c(C#N)c(=O)[nH]1. The Bertz CT molecular complexity index is 858. The Labute approximate surface area is 146 Å². The predicted molar refractivity (Wildman–Crippen MR) is 95.7 cm³/mol. The lowest BCUT2D eigenvalue weighted by molar-refractivity contribution is 0.273. The monoisotopic (exact) mass is 339 g/mol. The molecule has 1 aliphatic rings.